The van der Waals surface area contributed by atoms with Crippen molar-refractivity contribution in [3.05, 3.63) is 65.2 Å². The molecule has 1 atom stereocenters. The van der Waals surface area contributed by atoms with Crippen molar-refractivity contribution in [1.29, 1.82) is 0 Å². The second kappa shape index (κ2) is 9.09. The average molecular weight is 416 g/mol. The maximum Gasteiger partial charge on any atom is 0.175 e. The first-order valence-electron chi connectivity index (χ1n) is 10.0. The van der Waals surface area contributed by atoms with Gasteiger partial charge in [-0.05, 0) is 61.4 Å². The third-order valence-corrected chi connectivity index (χ3v) is 7.11. The van der Waals surface area contributed by atoms with Crippen molar-refractivity contribution in [1.82, 2.24) is 0 Å². The molecule has 1 unspecified atom stereocenters. The highest BCUT2D eigenvalue weighted by molar-refractivity contribution is 7.90. The summed E-state index contributed by atoms with van der Waals surface area (Å²) < 4.78 is 23.6. The molecule has 1 fully saturated rings. The van der Waals surface area contributed by atoms with Gasteiger partial charge in [-0.2, -0.15) is 0 Å². The molecule has 1 aliphatic rings. The summed E-state index contributed by atoms with van der Waals surface area (Å²) in [7, 11) is -3.26. The molecule has 29 heavy (non-hydrogen) atoms. The maximum absolute atomic E-state index is 11.8. The maximum atomic E-state index is 11.8. The minimum absolute atomic E-state index is 0.0393. The van der Waals surface area contributed by atoms with Crippen LogP contribution in [0.25, 0.3) is 0 Å². The molecule has 156 valence electrons. The first-order valence-corrected chi connectivity index (χ1v) is 11.9. The number of rotatable bonds is 6. The van der Waals surface area contributed by atoms with Gasteiger partial charge >= 0.3 is 0 Å². The summed E-state index contributed by atoms with van der Waals surface area (Å²) in [5.74, 6) is 0.118. The lowest BCUT2D eigenvalue weighted by molar-refractivity contribution is 0.120. The lowest BCUT2D eigenvalue weighted by Gasteiger charge is -2.28. The SMILES string of the molecule is Cc1ccccc1C(C/C(=N/O)C1CCC(O)CC1)c1ccc(S(C)(=O)=O)cc1. The van der Waals surface area contributed by atoms with Gasteiger partial charge in [0.1, 0.15) is 0 Å². The molecular weight excluding hydrogens is 386 g/mol. The van der Waals surface area contributed by atoms with Crippen LogP contribution < -0.4 is 0 Å². The van der Waals surface area contributed by atoms with E-state index in [-0.39, 0.29) is 17.9 Å². The van der Waals surface area contributed by atoms with Crippen LogP contribution in [0.1, 0.15) is 54.7 Å². The molecular formula is C23H29NO4S. The molecule has 0 bridgehead atoms. The van der Waals surface area contributed by atoms with E-state index in [1.165, 1.54) is 6.26 Å². The molecule has 0 heterocycles. The van der Waals surface area contributed by atoms with E-state index in [4.69, 9.17) is 0 Å². The Balaban J connectivity index is 1.94. The van der Waals surface area contributed by atoms with Crippen LogP contribution in [0.15, 0.2) is 58.6 Å². The van der Waals surface area contributed by atoms with Gasteiger partial charge in [0.2, 0.25) is 0 Å². The fourth-order valence-electron chi connectivity index (χ4n) is 4.24. The summed E-state index contributed by atoms with van der Waals surface area (Å²) in [4.78, 5) is 0.294. The first kappa shape index (κ1) is 21.5. The molecule has 0 saturated heterocycles. The molecule has 1 aliphatic carbocycles. The fraction of sp³-hybridized carbons (Fsp3) is 0.435. The molecule has 5 nitrogen and oxygen atoms in total. The Labute approximate surface area is 173 Å². The van der Waals surface area contributed by atoms with Crippen LogP contribution in [0, 0.1) is 12.8 Å². The largest absolute Gasteiger partial charge is 0.411 e. The Morgan fingerprint density at radius 3 is 2.24 bits per heavy atom. The molecule has 0 amide bonds. The number of oxime groups is 1. The molecule has 1 saturated carbocycles. The zero-order valence-electron chi connectivity index (χ0n) is 17.0. The van der Waals surface area contributed by atoms with E-state index in [1.54, 1.807) is 12.1 Å². The van der Waals surface area contributed by atoms with E-state index in [2.05, 4.69) is 24.2 Å². The van der Waals surface area contributed by atoms with Crippen molar-refractivity contribution in [2.24, 2.45) is 11.1 Å². The fourth-order valence-corrected chi connectivity index (χ4v) is 4.87. The van der Waals surface area contributed by atoms with E-state index in [9.17, 15) is 18.7 Å². The van der Waals surface area contributed by atoms with Gasteiger partial charge in [-0.25, -0.2) is 8.42 Å². The Morgan fingerprint density at radius 1 is 1.07 bits per heavy atom. The predicted molar refractivity (Wildman–Crippen MR) is 114 cm³/mol. The van der Waals surface area contributed by atoms with Gasteiger partial charge in [0, 0.05) is 24.5 Å². The van der Waals surface area contributed by atoms with Crippen LogP contribution in [-0.2, 0) is 9.84 Å². The van der Waals surface area contributed by atoms with Crippen LogP contribution >= 0.6 is 0 Å². The van der Waals surface area contributed by atoms with Gasteiger partial charge in [-0.3, -0.25) is 0 Å². The summed E-state index contributed by atoms with van der Waals surface area (Å²) in [6, 6.07) is 15.1. The Hall–Kier alpha value is -2.18. The quantitative estimate of drug-likeness (QED) is 0.418. The standard InChI is InChI=1S/C23H29NO4S/c1-16-5-3-4-6-21(16)22(17-9-13-20(14-10-17)29(2,27)28)15-23(24-26)18-7-11-19(25)12-8-18/h3-6,9-10,13-14,18-19,22,25-26H,7-8,11-12,15H2,1-2H3/b24-23-. The lowest BCUT2D eigenvalue weighted by Crippen LogP contribution is -2.26. The van der Waals surface area contributed by atoms with Crippen molar-refractivity contribution >= 4 is 15.5 Å². The van der Waals surface area contributed by atoms with Gasteiger partial charge < -0.3 is 10.3 Å². The van der Waals surface area contributed by atoms with E-state index < -0.39 is 9.84 Å². The van der Waals surface area contributed by atoms with Crippen molar-refractivity contribution in [3.8, 4) is 0 Å². The molecule has 2 N–H and O–H groups in total. The van der Waals surface area contributed by atoms with Crippen molar-refractivity contribution in [2.75, 3.05) is 6.26 Å². The minimum atomic E-state index is -3.26. The first-order chi connectivity index (χ1) is 13.8. The summed E-state index contributed by atoms with van der Waals surface area (Å²) in [5.41, 5.74) is 4.01. The molecule has 0 aliphatic heterocycles. The van der Waals surface area contributed by atoms with Gasteiger partial charge in [0.25, 0.3) is 0 Å². The monoisotopic (exact) mass is 415 g/mol. The van der Waals surface area contributed by atoms with Crippen LogP contribution in [0.5, 0.6) is 0 Å². The van der Waals surface area contributed by atoms with Gasteiger partial charge in [-0.15, -0.1) is 0 Å². The third-order valence-electron chi connectivity index (χ3n) is 5.98. The van der Waals surface area contributed by atoms with Gasteiger partial charge in [-0.1, -0.05) is 41.6 Å². The number of aliphatic hydroxyl groups is 1. The highest BCUT2D eigenvalue weighted by Gasteiger charge is 2.28. The normalized spacial score (nSPS) is 21.7. The Morgan fingerprint density at radius 2 is 1.69 bits per heavy atom. The summed E-state index contributed by atoms with van der Waals surface area (Å²) >= 11 is 0. The van der Waals surface area contributed by atoms with E-state index in [1.807, 2.05) is 24.3 Å². The predicted octanol–water partition coefficient (Wildman–Crippen LogP) is 4.30. The summed E-state index contributed by atoms with van der Waals surface area (Å²) in [5, 5.41) is 23.2. The second-order valence-electron chi connectivity index (χ2n) is 8.05. The molecule has 2 aromatic carbocycles. The van der Waals surface area contributed by atoms with Crippen LogP contribution in [0.3, 0.4) is 0 Å². The summed E-state index contributed by atoms with van der Waals surface area (Å²) in [6.07, 6.45) is 4.57. The van der Waals surface area contributed by atoms with E-state index >= 15 is 0 Å². The zero-order valence-corrected chi connectivity index (χ0v) is 17.8. The molecule has 0 aromatic heterocycles. The second-order valence-corrected chi connectivity index (χ2v) is 10.1. The molecule has 0 spiro atoms. The Bertz CT molecular complexity index is 959. The summed E-state index contributed by atoms with van der Waals surface area (Å²) in [6.45, 7) is 2.06. The topological polar surface area (TPSA) is 87.0 Å². The molecule has 2 aromatic rings. The van der Waals surface area contributed by atoms with E-state index in [0.717, 1.165) is 48.1 Å². The van der Waals surface area contributed by atoms with Crippen LogP contribution in [0.4, 0.5) is 0 Å². The minimum Gasteiger partial charge on any atom is -0.411 e. The number of hydrogen-bond acceptors (Lipinski definition) is 5. The highest BCUT2D eigenvalue weighted by atomic mass is 32.2. The van der Waals surface area contributed by atoms with Crippen molar-refractivity contribution in [3.63, 3.8) is 0 Å². The number of nitrogens with zero attached hydrogens (tertiary/aromatic N) is 1. The Kier molecular flexibility index (Phi) is 6.75. The van der Waals surface area contributed by atoms with Crippen LogP contribution in [-0.4, -0.2) is 36.8 Å². The number of sulfone groups is 1. The van der Waals surface area contributed by atoms with E-state index in [0.29, 0.717) is 11.3 Å². The highest BCUT2D eigenvalue weighted by Crippen LogP contribution is 2.35. The average Bonchev–Trinajstić information content (AvgIpc) is 2.70. The van der Waals surface area contributed by atoms with Gasteiger partial charge in [0.15, 0.2) is 9.84 Å². The molecule has 0 radical (unpaired) electrons. The van der Waals surface area contributed by atoms with Gasteiger partial charge in [0.05, 0.1) is 16.7 Å². The number of benzene rings is 2. The van der Waals surface area contributed by atoms with Crippen molar-refractivity contribution < 1.29 is 18.7 Å². The molecule has 6 heteroatoms. The number of aryl methyl sites for hydroxylation is 1. The molecule has 3 rings (SSSR count). The number of hydrogen-bond donors (Lipinski definition) is 2. The lowest BCUT2D eigenvalue weighted by atomic mass is 9.78. The zero-order chi connectivity index (χ0) is 21.0. The van der Waals surface area contributed by atoms with Crippen LogP contribution in [0.2, 0.25) is 0 Å². The smallest absolute Gasteiger partial charge is 0.175 e. The number of aliphatic hydroxyl groups excluding tert-OH is 1. The van der Waals surface area contributed by atoms with Crippen molar-refractivity contribution in [2.45, 2.75) is 55.9 Å². The third kappa shape index (κ3) is 5.25.